The molecular weight excluding hydrogens is 290 g/mol. The number of halogens is 1. The second-order valence-corrected chi connectivity index (χ2v) is 5.54. The first-order chi connectivity index (χ1) is 7.54. The number of hydrogen-bond acceptors (Lipinski definition) is 2. The van der Waals surface area contributed by atoms with Gasteiger partial charge in [0, 0.05) is 10.7 Å². The molecule has 5 heteroatoms. The Bertz CT molecular complexity index is 637. The Labute approximate surface area is 102 Å². The molecule has 0 radical (unpaired) electrons. The van der Waals surface area contributed by atoms with E-state index in [-0.39, 0.29) is 4.90 Å². The van der Waals surface area contributed by atoms with Crippen molar-refractivity contribution in [3.63, 3.8) is 0 Å². The fourth-order valence-electron chi connectivity index (χ4n) is 1.70. The van der Waals surface area contributed by atoms with Crippen LogP contribution >= 0.6 is 15.9 Å². The summed E-state index contributed by atoms with van der Waals surface area (Å²) in [6.07, 6.45) is 0. The van der Waals surface area contributed by atoms with E-state index in [4.69, 9.17) is 5.14 Å². The second-order valence-electron chi connectivity index (χ2n) is 3.45. The molecule has 3 nitrogen and oxygen atoms in total. The van der Waals surface area contributed by atoms with E-state index in [1.165, 1.54) is 0 Å². The maximum atomic E-state index is 11.4. The van der Waals surface area contributed by atoms with Gasteiger partial charge in [0.05, 0.1) is 4.90 Å². The van der Waals surface area contributed by atoms with Gasteiger partial charge in [0.25, 0.3) is 0 Å². The van der Waals surface area contributed by atoms with Crippen LogP contribution in [0.2, 0.25) is 0 Å². The highest BCUT2D eigenvalue weighted by Crippen LogP contribution is 2.26. The number of fused-ring (bicyclic) bond motifs is 1. The lowest BCUT2D eigenvalue weighted by molar-refractivity contribution is 0.598. The molecule has 0 atom stereocenters. The maximum absolute atomic E-state index is 11.4. The molecule has 0 fully saturated rings. The van der Waals surface area contributed by atoms with Gasteiger partial charge in [-0.3, -0.25) is 0 Å². The van der Waals surface area contributed by atoms with Crippen LogP contribution in [0.1, 0.15) is 5.56 Å². The van der Waals surface area contributed by atoms with Crippen LogP contribution in [0.15, 0.2) is 41.3 Å². The third-order valence-electron chi connectivity index (χ3n) is 2.42. The van der Waals surface area contributed by atoms with Gasteiger partial charge in [-0.25, -0.2) is 13.6 Å². The molecule has 0 heterocycles. The van der Waals surface area contributed by atoms with Crippen molar-refractivity contribution in [1.82, 2.24) is 0 Å². The van der Waals surface area contributed by atoms with Crippen LogP contribution in [0.4, 0.5) is 0 Å². The normalized spacial score (nSPS) is 11.9. The quantitative estimate of drug-likeness (QED) is 0.866. The predicted octanol–water partition coefficient (Wildman–Crippen LogP) is 2.38. The molecular formula is C11H10BrNO2S. The zero-order valence-corrected chi connectivity index (χ0v) is 10.8. The summed E-state index contributed by atoms with van der Waals surface area (Å²) < 4.78 is 22.8. The smallest absolute Gasteiger partial charge is 0.225 e. The van der Waals surface area contributed by atoms with E-state index in [0.717, 1.165) is 10.9 Å². The summed E-state index contributed by atoms with van der Waals surface area (Å²) in [6.45, 7) is 0. The minimum absolute atomic E-state index is 0.174. The van der Waals surface area contributed by atoms with E-state index in [2.05, 4.69) is 15.9 Å². The zero-order chi connectivity index (χ0) is 11.8. The molecule has 2 aromatic rings. The van der Waals surface area contributed by atoms with E-state index in [0.29, 0.717) is 10.7 Å². The molecule has 2 rings (SSSR count). The van der Waals surface area contributed by atoms with Crippen LogP contribution in [0, 0.1) is 0 Å². The van der Waals surface area contributed by atoms with Crippen molar-refractivity contribution >= 4 is 36.7 Å². The van der Waals surface area contributed by atoms with E-state index in [9.17, 15) is 8.42 Å². The van der Waals surface area contributed by atoms with Crippen molar-refractivity contribution in [2.24, 2.45) is 5.14 Å². The number of benzene rings is 2. The first kappa shape index (κ1) is 11.6. The van der Waals surface area contributed by atoms with E-state index < -0.39 is 10.0 Å². The molecule has 2 aromatic carbocycles. The Morgan fingerprint density at radius 3 is 2.25 bits per heavy atom. The highest BCUT2D eigenvalue weighted by atomic mass is 79.9. The minimum Gasteiger partial charge on any atom is -0.225 e. The molecule has 0 aliphatic heterocycles. The average molecular weight is 300 g/mol. The second kappa shape index (κ2) is 4.16. The Balaban J connectivity index is 2.91. The molecule has 84 valence electrons. The van der Waals surface area contributed by atoms with Crippen LogP contribution in [0.25, 0.3) is 10.8 Å². The Kier molecular flexibility index (Phi) is 3.01. The van der Waals surface area contributed by atoms with Crippen molar-refractivity contribution < 1.29 is 8.42 Å². The minimum atomic E-state index is -3.67. The topological polar surface area (TPSA) is 60.2 Å². The molecule has 0 aliphatic carbocycles. The van der Waals surface area contributed by atoms with Crippen LogP contribution in [-0.4, -0.2) is 8.42 Å². The van der Waals surface area contributed by atoms with E-state index in [1.807, 2.05) is 12.1 Å². The average Bonchev–Trinajstić information content (AvgIpc) is 2.26. The predicted molar refractivity (Wildman–Crippen MR) is 68.0 cm³/mol. The Morgan fingerprint density at radius 2 is 1.69 bits per heavy atom. The number of alkyl halides is 1. The monoisotopic (exact) mass is 299 g/mol. The van der Waals surface area contributed by atoms with Gasteiger partial charge in [-0.2, -0.15) is 0 Å². The molecule has 0 saturated heterocycles. The van der Waals surface area contributed by atoms with E-state index >= 15 is 0 Å². The molecule has 2 N–H and O–H groups in total. The summed E-state index contributed by atoms with van der Waals surface area (Å²) in [6, 6.07) is 10.7. The van der Waals surface area contributed by atoms with Crippen molar-refractivity contribution in [1.29, 1.82) is 0 Å². The van der Waals surface area contributed by atoms with Gasteiger partial charge in [0.2, 0.25) is 10.0 Å². The molecule has 0 aromatic heterocycles. The van der Waals surface area contributed by atoms with Crippen molar-refractivity contribution in [2.75, 3.05) is 0 Å². The number of sulfonamides is 1. The molecule has 0 aliphatic rings. The largest absolute Gasteiger partial charge is 0.238 e. The maximum Gasteiger partial charge on any atom is 0.238 e. The Hall–Kier alpha value is -0.910. The molecule has 0 unspecified atom stereocenters. The molecule has 0 saturated carbocycles. The van der Waals surface area contributed by atoms with Gasteiger partial charge < -0.3 is 0 Å². The summed E-state index contributed by atoms with van der Waals surface area (Å²) in [4.78, 5) is 0.174. The fourth-order valence-corrected chi connectivity index (χ4v) is 2.93. The highest BCUT2D eigenvalue weighted by molar-refractivity contribution is 9.08. The lowest BCUT2D eigenvalue weighted by atomic mass is 10.1. The van der Waals surface area contributed by atoms with Crippen LogP contribution in [0.5, 0.6) is 0 Å². The zero-order valence-electron chi connectivity index (χ0n) is 8.35. The van der Waals surface area contributed by atoms with Crippen molar-refractivity contribution in [3.8, 4) is 0 Å². The lowest BCUT2D eigenvalue weighted by Crippen LogP contribution is -2.12. The SMILES string of the molecule is NS(=O)(=O)c1ccc(CBr)c2ccccc12. The van der Waals surface area contributed by atoms with Crippen molar-refractivity contribution in [2.45, 2.75) is 10.2 Å². The number of hydrogen-bond donors (Lipinski definition) is 1. The summed E-state index contributed by atoms with van der Waals surface area (Å²) in [7, 11) is -3.67. The molecule has 0 amide bonds. The first-order valence-electron chi connectivity index (χ1n) is 4.63. The van der Waals surface area contributed by atoms with Gasteiger partial charge in [0.1, 0.15) is 0 Å². The van der Waals surface area contributed by atoms with Crippen LogP contribution in [-0.2, 0) is 15.4 Å². The van der Waals surface area contributed by atoms with Crippen LogP contribution < -0.4 is 5.14 Å². The highest BCUT2D eigenvalue weighted by Gasteiger charge is 2.13. The van der Waals surface area contributed by atoms with Gasteiger partial charge in [-0.1, -0.05) is 46.3 Å². The Morgan fingerprint density at radius 1 is 1.06 bits per heavy atom. The summed E-state index contributed by atoms with van der Waals surface area (Å²) in [5.41, 5.74) is 1.04. The molecule has 0 bridgehead atoms. The van der Waals surface area contributed by atoms with Gasteiger partial charge in [0.15, 0.2) is 0 Å². The fraction of sp³-hybridized carbons (Fsp3) is 0.0909. The third kappa shape index (κ3) is 1.98. The van der Waals surface area contributed by atoms with Gasteiger partial charge in [-0.05, 0) is 17.0 Å². The van der Waals surface area contributed by atoms with Crippen LogP contribution in [0.3, 0.4) is 0 Å². The molecule has 16 heavy (non-hydrogen) atoms. The first-order valence-corrected chi connectivity index (χ1v) is 7.30. The summed E-state index contributed by atoms with van der Waals surface area (Å²) >= 11 is 3.37. The number of primary sulfonamides is 1. The number of nitrogens with two attached hydrogens (primary N) is 1. The van der Waals surface area contributed by atoms with E-state index in [1.54, 1.807) is 24.3 Å². The van der Waals surface area contributed by atoms with Crippen molar-refractivity contribution in [3.05, 3.63) is 42.0 Å². The number of rotatable bonds is 2. The van der Waals surface area contributed by atoms with Gasteiger partial charge in [-0.15, -0.1) is 0 Å². The summed E-state index contributed by atoms with van der Waals surface area (Å²) in [5, 5.41) is 7.43. The summed E-state index contributed by atoms with van der Waals surface area (Å²) in [5.74, 6) is 0. The molecule has 0 spiro atoms. The third-order valence-corrected chi connectivity index (χ3v) is 4.00. The van der Waals surface area contributed by atoms with Gasteiger partial charge >= 0.3 is 0 Å². The lowest BCUT2D eigenvalue weighted by Gasteiger charge is -2.07. The standard InChI is InChI=1S/C11H10BrNO2S/c12-7-8-5-6-11(16(13,14)15)10-4-2-1-3-9(8)10/h1-6H,7H2,(H2,13,14,15).